The third-order valence-corrected chi connectivity index (χ3v) is 3.28. The maximum Gasteiger partial charge on any atom is 0.218 e. The highest BCUT2D eigenvalue weighted by Crippen LogP contribution is 2.27. The summed E-state index contributed by atoms with van der Waals surface area (Å²) < 4.78 is 5.89. The molecular weight excluding hydrogens is 224 g/mol. The number of halogens is 1. The van der Waals surface area contributed by atoms with Gasteiger partial charge in [0.2, 0.25) is 5.88 Å². The summed E-state index contributed by atoms with van der Waals surface area (Å²) in [5.41, 5.74) is 0. The summed E-state index contributed by atoms with van der Waals surface area (Å²) in [4.78, 5) is 8.27. The molecule has 0 aromatic carbocycles. The van der Waals surface area contributed by atoms with Crippen LogP contribution in [0.5, 0.6) is 5.88 Å². The fourth-order valence-electron chi connectivity index (χ4n) is 2.18. The van der Waals surface area contributed by atoms with E-state index in [4.69, 9.17) is 16.3 Å². The molecule has 2 unspecified atom stereocenters. The van der Waals surface area contributed by atoms with Gasteiger partial charge in [-0.25, -0.2) is 4.98 Å². The summed E-state index contributed by atoms with van der Waals surface area (Å²) in [5, 5.41) is 0.450. The van der Waals surface area contributed by atoms with E-state index in [0.717, 1.165) is 6.42 Å². The molecule has 1 heterocycles. The van der Waals surface area contributed by atoms with E-state index < -0.39 is 0 Å². The molecule has 3 nitrogen and oxygen atoms in total. The summed E-state index contributed by atoms with van der Waals surface area (Å²) in [6.45, 7) is 4.06. The molecule has 2 rings (SSSR count). The Morgan fingerprint density at radius 2 is 2.06 bits per heavy atom. The zero-order valence-corrected chi connectivity index (χ0v) is 10.5. The monoisotopic (exact) mass is 240 g/mol. The molecule has 1 aromatic rings. The molecule has 0 N–H and O–H groups in total. The maximum atomic E-state index is 5.89. The third kappa shape index (κ3) is 2.85. The van der Waals surface area contributed by atoms with Crippen molar-refractivity contribution in [3.8, 4) is 5.88 Å². The van der Waals surface area contributed by atoms with Gasteiger partial charge in [-0.15, -0.1) is 0 Å². The average Bonchev–Trinajstić information content (AvgIpc) is 2.20. The zero-order chi connectivity index (χ0) is 11.5. The van der Waals surface area contributed by atoms with Crippen molar-refractivity contribution in [2.75, 3.05) is 0 Å². The van der Waals surface area contributed by atoms with Crippen LogP contribution in [-0.4, -0.2) is 16.1 Å². The van der Waals surface area contributed by atoms with Gasteiger partial charge in [0.05, 0.1) is 0 Å². The summed E-state index contributed by atoms with van der Waals surface area (Å²) in [5.74, 6) is 1.87. The SMILES string of the molecule is Cc1nc(Cl)cc(OC2CCCCC2C)n1. The van der Waals surface area contributed by atoms with Crippen LogP contribution in [0.2, 0.25) is 5.15 Å². The van der Waals surface area contributed by atoms with E-state index >= 15 is 0 Å². The Kier molecular flexibility index (Phi) is 3.64. The van der Waals surface area contributed by atoms with Gasteiger partial charge in [-0.05, 0) is 32.1 Å². The van der Waals surface area contributed by atoms with Gasteiger partial charge >= 0.3 is 0 Å². The van der Waals surface area contributed by atoms with Crippen LogP contribution >= 0.6 is 11.6 Å². The number of rotatable bonds is 2. The van der Waals surface area contributed by atoms with E-state index in [2.05, 4.69) is 16.9 Å². The molecule has 1 aromatic heterocycles. The first-order valence-corrected chi connectivity index (χ1v) is 6.21. The molecule has 0 amide bonds. The van der Waals surface area contributed by atoms with Crippen LogP contribution in [0.1, 0.15) is 38.4 Å². The van der Waals surface area contributed by atoms with Gasteiger partial charge in [-0.2, -0.15) is 4.98 Å². The van der Waals surface area contributed by atoms with E-state index in [1.807, 2.05) is 6.92 Å². The molecule has 16 heavy (non-hydrogen) atoms. The fraction of sp³-hybridized carbons (Fsp3) is 0.667. The number of ether oxygens (including phenoxy) is 1. The van der Waals surface area contributed by atoms with E-state index in [1.54, 1.807) is 6.07 Å². The predicted octanol–water partition coefficient (Wildman–Crippen LogP) is 3.40. The second-order valence-corrected chi connectivity index (χ2v) is 4.88. The molecule has 2 atom stereocenters. The van der Waals surface area contributed by atoms with Crippen molar-refractivity contribution < 1.29 is 4.74 Å². The van der Waals surface area contributed by atoms with Gasteiger partial charge in [-0.1, -0.05) is 24.9 Å². The van der Waals surface area contributed by atoms with Gasteiger partial charge in [-0.3, -0.25) is 0 Å². The second-order valence-electron chi connectivity index (χ2n) is 4.49. The van der Waals surface area contributed by atoms with Crippen LogP contribution in [0.25, 0.3) is 0 Å². The van der Waals surface area contributed by atoms with Crippen LogP contribution < -0.4 is 4.74 Å². The Morgan fingerprint density at radius 1 is 1.31 bits per heavy atom. The van der Waals surface area contributed by atoms with Crippen molar-refractivity contribution in [2.24, 2.45) is 5.92 Å². The Hall–Kier alpha value is -0.830. The normalized spacial score (nSPS) is 25.4. The smallest absolute Gasteiger partial charge is 0.218 e. The molecule has 0 bridgehead atoms. The van der Waals surface area contributed by atoms with Crippen molar-refractivity contribution in [3.63, 3.8) is 0 Å². The lowest BCUT2D eigenvalue weighted by molar-refractivity contribution is 0.0972. The Labute approximate surface area is 101 Å². The molecule has 1 saturated carbocycles. The minimum atomic E-state index is 0.277. The van der Waals surface area contributed by atoms with Gasteiger partial charge < -0.3 is 4.74 Å². The predicted molar refractivity (Wildman–Crippen MR) is 63.8 cm³/mol. The molecule has 1 fully saturated rings. The molecule has 0 aliphatic heterocycles. The highest BCUT2D eigenvalue weighted by atomic mass is 35.5. The number of hydrogen-bond donors (Lipinski definition) is 0. The van der Waals surface area contributed by atoms with E-state index in [9.17, 15) is 0 Å². The first kappa shape index (κ1) is 11.6. The second kappa shape index (κ2) is 5.00. The number of aryl methyl sites for hydroxylation is 1. The van der Waals surface area contributed by atoms with Crippen molar-refractivity contribution in [1.29, 1.82) is 0 Å². The van der Waals surface area contributed by atoms with Gasteiger partial charge in [0.25, 0.3) is 0 Å². The Morgan fingerprint density at radius 3 is 2.75 bits per heavy atom. The van der Waals surface area contributed by atoms with E-state index in [-0.39, 0.29) is 6.10 Å². The summed E-state index contributed by atoms with van der Waals surface area (Å²) in [7, 11) is 0. The zero-order valence-electron chi connectivity index (χ0n) is 9.74. The first-order valence-electron chi connectivity index (χ1n) is 5.83. The number of hydrogen-bond acceptors (Lipinski definition) is 3. The quantitative estimate of drug-likeness (QED) is 0.744. The summed E-state index contributed by atoms with van der Waals surface area (Å²) in [6.07, 6.45) is 5.18. The fourth-order valence-corrected chi connectivity index (χ4v) is 2.39. The van der Waals surface area contributed by atoms with E-state index in [1.165, 1.54) is 19.3 Å². The van der Waals surface area contributed by atoms with Crippen molar-refractivity contribution in [3.05, 3.63) is 17.0 Å². The summed E-state index contributed by atoms with van der Waals surface area (Å²) >= 11 is 5.87. The lowest BCUT2D eigenvalue weighted by Crippen LogP contribution is -2.28. The molecule has 0 radical (unpaired) electrons. The topological polar surface area (TPSA) is 35.0 Å². The minimum Gasteiger partial charge on any atom is -0.474 e. The lowest BCUT2D eigenvalue weighted by Gasteiger charge is -2.28. The van der Waals surface area contributed by atoms with Crippen molar-refractivity contribution in [1.82, 2.24) is 9.97 Å². The largest absolute Gasteiger partial charge is 0.474 e. The van der Waals surface area contributed by atoms with Crippen molar-refractivity contribution in [2.45, 2.75) is 45.6 Å². The lowest BCUT2D eigenvalue weighted by atomic mass is 9.88. The molecule has 1 aliphatic rings. The Bertz CT molecular complexity index is 350. The number of aromatic nitrogens is 2. The van der Waals surface area contributed by atoms with Gasteiger partial charge in [0.15, 0.2) is 0 Å². The average molecular weight is 241 g/mol. The van der Waals surface area contributed by atoms with Crippen molar-refractivity contribution >= 4 is 11.6 Å². The van der Waals surface area contributed by atoms with Gasteiger partial charge in [0.1, 0.15) is 17.1 Å². The molecule has 0 spiro atoms. The molecule has 0 saturated heterocycles. The number of nitrogens with zero attached hydrogens (tertiary/aromatic N) is 2. The van der Waals surface area contributed by atoms with Crippen LogP contribution in [0, 0.1) is 12.8 Å². The van der Waals surface area contributed by atoms with Crippen LogP contribution in [0.4, 0.5) is 0 Å². The van der Waals surface area contributed by atoms with Crippen LogP contribution in [0.15, 0.2) is 6.07 Å². The minimum absolute atomic E-state index is 0.277. The van der Waals surface area contributed by atoms with E-state index in [0.29, 0.717) is 22.8 Å². The highest BCUT2D eigenvalue weighted by molar-refractivity contribution is 6.29. The molecular formula is C12H17ClN2O. The molecule has 88 valence electrons. The maximum absolute atomic E-state index is 5.89. The third-order valence-electron chi connectivity index (χ3n) is 3.09. The van der Waals surface area contributed by atoms with Gasteiger partial charge in [0, 0.05) is 6.07 Å². The standard InChI is InChI=1S/C12H17ClN2O/c1-8-5-3-4-6-10(8)16-12-7-11(13)14-9(2)15-12/h7-8,10H,3-6H2,1-2H3. The first-order chi connectivity index (χ1) is 7.65. The summed E-state index contributed by atoms with van der Waals surface area (Å²) in [6, 6.07) is 1.69. The van der Waals surface area contributed by atoms with Crippen LogP contribution in [0.3, 0.4) is 0 Å². The molecule has 1 aliphatic carbocycles. The Balaban J connectivity index is 2.07. The highest BCUT2D eigenvalue weighted by Gasteiger charge is 2.23. The molecule has 4 heteroatoms. The van der Waals surface area contributed by atoms with Crippen LogP contribution in [-0.2, 0) is 0 Å².